The first-order valence-corrected chi connectivity index (χ1v) is 8.93. The Morgan fingerprint density at radius 2 is 1.82 bits per heavy atom. The Bertz CT molecular complexity index is 987. The SMILES string of the molecule is COc1cc(/C=C2\N=C(c3cccc(Br)c3)OC2=O)cc(OC)c1OC(C)=O. The lowest BCUT2D eigenvalue weighted by Crippen LogP contribution is -2.05. The molecule has 0 N–H and O–H groups in total. The van der Waals surface area contributed by atoms with E-state index in [4.69, 9.17) is 18.9 Å². The van der Waals surface area contributed by atoms with Gasteiger partial charge in [-0.05, 0) is 42.0 Å². The molecule has 3 rings (SSSR count). The highest BCUT2D eigenvalue weighted by Gasteiger charge is 2.25. The molecule has 144 valence electrons. The van der Waals surface area contributed by atoms with Crippen LogP contribution in [0.3, 0.4) is 0 Å². The number of benzene rings is 2. The molecule has 0 aliphatic carbocycles. The normalized spacial score (nSPS) is 14.5. The third-order valence-corrected chi connectivity index (χ3v) is 4.22. The van der Waals surface area contributed by atoms with Crippen LogP contribution in [-0.4, -0.2) is 32.1 Å². The predicted octanol–water partition coefficient (Wildman–Crippen LogP) is 3.74. The number of methoxy groups -OCH3 is 2. The summed E-state index contributed by atoms with van der Waals surface area (Å²) in [7, 11) is 2.87. The quantitative estimate of drug-likeness (QED) is 0.396. The van der Waals surface area contributed by atoms with Crippen LogP contribution < -0.4 is 14.2 Å². The van der Waals surface area contributed by atoms with Crippen molar-refractivity contribution < 1.29 is 28.5 Å². The predicted molar refractivity (Wildman–Crippen MR) is 106 cm³/mol. The second-order valence-corrected chi connectivity index (χ2v) is 6.61. The van der Waals surface area contributed by atoms with E-state index in [0.29, 0.717) is 11.1 Å². The number of hydrogen-bond acceptors (Lipinski definition) is 7. The van der Waals surface area contributed by atoms with Gasteiger partial charge in [0.15, 0.2) is 17.2 Å². The summed E-state index contributed by atoms with van der Waals surface area (Å²) >= 11 is 3.37. The second-order valence-electron chi connectivity index (χ2n) is 5.69. The molecule has 8 heteroatoms. The highest BCUT2D eigenvalue weighted by atomic mass is 79.9. The summed E-state index contributed by atoms with van der Waals surface area (Å²) < 4.78 is 21.8. The minimum absolute atomic E-state index is 0.124. The van der Waals surface area contributed by atoms with Crippen molar-refractivity contribution in [2.75, 3.05) is 14.2 Å². The lowest BCUT2D eigenvalue weighted by atomic mass is 10.1. The Morgan fingerprint density at radius 3 is 2.39 bits per heavy atom. The van der Waals surface area contributed by atoms with Crippen molar-refractivity contribution in [2.24, 2.45) is 4.99 Å². The maximum Gasteiger partial charge on any atom is 0.363 e. The Kier molecular flexibility index (Phi) is 5.79. The zero-order chi connectivity index (χ0) is 20.3. The number of rotatable bonds is 5. The molecule has 2 aromatic carbocycles. The van der Waals surface area contributed by atoms with Crippen LogP contribution in [0.4, 0.5) is 0 Å². The number of esters is 2. The highest BCUT2D eigenvalue weighted by Crippen LogP contribution is 2.39. The molecule has 28 heavy (non-hydrogen) atoms. The van der Waals surface area contributed by atoms with E-state index in [0.717, 1.165) is 4.47 Å². The number of ether oxygens (including phenoxy) is 4. The summed E-state index contributed by atoms with van der Waals surface area (Å²) in [5.74, 6) is -0.143. The van der Waals surface area contributed by atoms with Gasteiger partial charge in [-0.3, -0.25) is 4.79 Å². The van der Waals surface area contributed by atoms with Gasteiger partial charge in [-0.15, -0.1) is 0 Å². The molecule has 1 heterocycles. The molecule has 0 aromatic heterocycles. The van der Waals surface area contributed by atoms with Gasteiger partial charge in [-0.25, -0.2) is 9.79 Å². The van der Waals surface area contributed by atoms with Gasteiger partial charge in [0.05, 0.1) is 14.2 Å². The molecule has 1 aliphatic rings. The van der Waals surface area contributed by atoms with Gasteiger partial charge in [0.1, 0.15) is 0 Å². The number of halogens is 1. The molecule has 0 amide bonds. The zero-order valence-corrected chi connectivity index (χ0v) is 16.9. The molecule has 1 aliphatic heterocycles. The van der Waals surface area contributed by atoms with E-state index in [1.165, 1.54) is 27.2 Å². The van der Waals surface area contributed by atoms with E-state index in [9.17, 15) is 9.59 Å². The van der Waals surface area contributed by atoms with Crippen molar-refractivity contribution in [3.63, 3.8) is 0 Å². The van der Waals surface area contributed by atoms with Crippen LogP contribution >= 0.6 is 15.9 Å². The second kappa shape index (κ2) is 8.26. The molecule has 0 saturated heterocycles. The molecule has 0 radical (unpaired) electrons. The molecule has 7 nitrogen and oxygen atoms in total. The number of carbonyl (C=O) groups is 2. The van der Waals surface area contributed by atoms with Gasteiger partial charge in [0.2, 0.25) is 11.6 Å². The molecular formula is C20H16BrNO6. The molecule has 2 aromatic rings. The summed E-state index contributed by atoms with van der Waals surface area (Å²) in [6.07, 6.45) is 1.54. The van der Waals surface area contributed by atoms with Gasteiger partial charge < -0.3 is 18.9 Å². The standard InChI is InChI=1S/C20H16BrNO6/c1-11(23)27-18-16(25-2)8-12(9-17(18)26-3)7-15-20(24)28-19(22-15)13-5-4-6-14(21)10-13/h4-10H,1-3H3/b15-7-. The first-order chi connectivity index (χ1) is 13.4. The topological polar surface area (TPSA) is 83.4 Å². The van der Waals surface area contributed by atoms with E-state index in [1.807, 2.05) is 12.1 Å². The van der Waals surface area contributed by atoms with Crippen molar-refractivity contribution in [3.05, 3.63) is 57.7 Å². The van der Waals surface area contributed by atoms with E-state index in [-0.39, 0.29) is 28.8 Å². The molecule has 0 spiro atoms. The number of carbonyl (C=O) groups excluding carboxylic acids is 2. The summed E-state index contributed by atoms with van der Waals surface area (Å²) in [5.41, 5.74) is 1.36. The summed E-state index contributed by atoms with van der Waals surface area (Å²) in [6, 6.07) is 10.5. The monoisotopic (exact) mass is 445 g/mol. The van der Waals surface area contributed by atoms with Crippen molar-refractivity contribution in [3.8, 4) is 17.2 Å². The minimum atomic E-state index is -0.572. The zero-order valence-electron chi connectivity index (χ0n) is 15.3. The maximum atomic E-state index is 12.2. The molecule has 0 fully saturated rings. The van der Waals surface area contributed by atoms with E-state index in [1.54, 1.807) is 24.3 Å². The van der Waals surface area contributed by atoms with Crippen molar-refractivity contribution >= 4 is 39.8 Å². The van der Waals surface area contributed by atoms with Crippen LogP contribution in [0.25, 0.3) is 6.08 Å². The molecular weight excluding hydrogens is 430 g/mol. The lowest BCUT2D eigenvalue weighted by molar-refractivity contribution is -0.132. The van der Waals surface area contributed by atoms with Crippen molar-refractivity contribution in [2.45, 2.75) is 6.92 Å². The Hall–Kier alpha value is -3.13. The largest absolute Gasteiger partial charge is 0.493 e. The molecule has 0 atom stereocenters. The summed E-state index contributed by atoms with van der Waals surface area (Å²) in [6.45, 7) is 1.28. The Balaban J connectivity index is 2.00. The fourth-order valence-corrected chi connectivity index (χ4v) is 2.94. The first kappa shape index (κ1) is 19.6. The maximum absolute atomic E-state index is 12.2. The average molecular weight is 446 g/mol. The van der Waals surface area contributed by atoms with Crippen LogP contribution in [0.1, 0.15) is 18.1 Å². The van der Waals surface area contributed by atoms with E-state index < -0.39 is 11.9 Å². The van der Waals surface area contributed by atoms with E-state index >= 15 is 0 Å². The smallest absolute Gasteiger partial charge is 0.363 e. The Labute approximate surface area is 169 Å². The van der Waals surface area contributed by atoms with Crippen LogP contribution in [0.15, 0.2) is 51.6 Å². The fraction of sp³-hybridized carbons (Fsp3) is 0.150. The average Bonchev–Trinajstić information content (AvgIpc) is 3.02. The van der Waals surface area contributed by atoms with Gasteiger partial charge in [-0.2, -0.15) is 0 Å². The van der Waals surface area contributed by atoms with Crippen molar-refractivity contribution in [1.29, 1.82) is 0 Å². The molecule has 0 saturated carbocycles. The first-order valence-electron chi connectivity index (χ1n) is 8.14. The van der Waals surface area contributed by atoms with Crippen LogP contribution in [0.2, 0.25) is 0 Å². The summed E-state index contributed by atoms with van der Waals surface area (Å²) in [5, 5.41) is 0. The Morgan fingerprint density at radius 1 is 1.14 bits per heavy atom. The number of nitrogens with zero attached hydrogens (tertiary/aromatic N) is 1. The van der Waals surface area contributed by atoms with Crippen LogP contribution in [-0.2, 0) is 14.3 Å². The van der Waals surface area contributed by atoms with Gasteiger partial charge >= 0.3 is 11.9 Å². The molecule has 0 bridgehead atoms. The highest BCUT2D eigenvalue weighted by molar-refractivity contribution is 9.10. The third kappa shape index (κ3) is 4.23. The lowest BCUT2D eigenvalue weighted by Gasteiger charge is -2.13. The van der Waals surface area contributed by atoms with E-state index in [2.05, 4.69) is 20.9 Å². The number of aliphatic imine (C=N–C) groups is 1. The molecule has 0 unspecified atom stereocenters. The number of cyclic esters (lactones) is 1. The number of hydrogen-bond donors (Lipinski definition) is 0. The summed E-state index contributed by atoms with van der Waals surface area (Å²) in [4.78, 5) is 27.8. The van der Waals surface area contributed by atoms with Crippen LogP contribution in [0.5, 0.6) is 17.2 Å². The third-order valence-electron chi connectivity index (χ3n) is 3.72. The van der Waals surface area contributed by atoms with Crippen molar-refractivity contribution in [1.82, 2.24) is 0 Å². The van der Waals surface area contributed by atoms with Gasteiger partial charge in [0.25, 0.3) is 0 Å². The fourth-order valence-electron chi connectivity index (χ4n) is 2.54. The van der Waals surface area contributed by atoms with Crippen LogP contribution in [0, 0.1) is 0 Å². The minimum Gasteiger partial charge on any atom is -0.493 e. The van der Waals surface area contributed by atoms with Gasteiger partial charge in [-0.1, -0.05) is 22.0 Å². The van der Waals surface area contributed by atoms with Gasteiger partial charge in [0, 0.05) is 17.0 Å².